The molecule has 2 nitrogen and oxygen atoms in total. The molecule has 2 atom stereocenters. The highest BCUT2D eigenvalue weighted by Crippen LogP contribution is 2.35. The number of benzene rings is 1. The van der Waals surface area contributed by atoms with Gasteiger partial charge >= 0.3 is 0 Å². The maximum Gasteiger partial charge on any atom is 0.123 e. The van der Waals surface area contributed by atoms with Gasteiger partial charge in [0, 0.05) is 19.6 Å². The van der Waals surface area contributed by atoms with E-state index in [-0.39, 0.29) is 11.7 Å². The summed E-state index contributed by atoms with van der Waals surface area (Å²) in [5.41, 5.74) is 0.0668. The first kappa shape index (κ1) is 15.9. The van der Waals surface area contributed by atoms with E-state index in [0.717, 1.165) is 18.4 Å². The van der Waals surface area contributed by atoms with Crippen molar-refractivity contribution in [1.29, 1.82) is 0 Å². The summed E-state index contributed by atoms with van der Waals surface area (Å²) in [6, 6.07) is 6.35. The van der Waals surface area contributed by atoms with Gasteiger partial charge in [0.2, 0.25) is 0 Å². The Hall–Kier alpha value is -1.19. The van der Waals surface area contributed by atoms with Crippen molar-refractivity contribution in [3.63, 3.8) is 0 Å². The Kier molecular flexibility index (Phi) is 6.19. The molecule has 0 aliphatic rings. The van der Waals surface area contributed by atoms with Gasteiger partial charge in [-0.05, 0) is 43.9 Å². The standard InChI is InChI=1S/C16H23FO2/c1-4-11-16(2,18)15(6-5-12-19-3)13-7-9-14(17)10-8-13/h4,7-10,15,18H,1,5-6,11-12H2,2-3H3/t15-,16-/m0/s1. The van der Waals surface area contributed by atoms with Gasteiger partial charge in [-0.1, -0.05) is 18.2 Å². The molecule has 0 unspecified atom stereocenters. The number of ether oxygens (including phenoxy) is 1. The Balaban J connectivity index is 2.90. The Bertz CT molecular complexity index is 384. The molecule has 0 aliphatic carbocycles. The largest absolute Gasteiger partial charge is 0.389 e. The van der Waals surface area contributed by atoms with Crippen LogP contribution in [0.4, 0.5) is 4.39 Å². The first-order valence-electron chi connectivity index (χ1n) is 6.59. The van der Waals surface area contributed by atoms with Gasteiger partial charge < -0.3 is 9.84 Å². The molecule has 0 amide bonds. The van der Waals surface area contributed by atoms with Crippen LogP contribution in [0.3, 0.4) is 0 Å². The van der Waals surface area contributed by atoms with Crippen molar-refractivity contribution >= 4 is 0 Å². The maximum atomic E-state index is 13.0. The molecule has 1 aromatic carbocycles. The van der Waals surface area contributed by atoms with Crippen LogP contribution in [-0.4, -0.2) is 24.4 Å². The second kappa shape index (κ2) is 7.41. The van der Waals surface area contributed by atoms with Gasteiger partial charge in [0.15, 0.2) is 0 Å². The third-order valence-electron chi connectivity index (χ3n) is 3.42. The van der Waals surface area contributed by atoms with Gasteiger partial charge in [0.05, 0.1) is 5.60 Å². The van der Waals surface area contributed by atoms with E-state index in [0.29, 0.717) is 13.0 Å². The molecule has 1 aromatic rings. The Morgan fingerprint density at radius 3 is 2.58 bits per heavy atom. The highest BCUT2D eigenvalue weighted by molar-refractivity contribution is 5.23. The smallest absolute Gasteiger partial charge is 0.123 e. The zero-order valence-electron chi connectivity index (χ0n) is 11.7. The molecule has 19 heavy (non-hydrogen) atoms. The van der Waals surface area contributed by atoms with E-state index >= 15 is 0 Å². The molecule has 106 valence electrons. The molecule has 0 spiro atoms. The van der Waals surface area contributed by atoms with Crippen molar-refractivity contribution in [2.24, 2.45) is 0 Å². The molecule has 0 heterocycles. The van der Waals surface area contributed by atoms with E-state index in [1.165, 1.54) is 12.1 Å². The lowest BCUT2D eigenvalue weighted by atomic mass is 9.78. The minimum absolute atomic E-state index is 0.0544. The minimum atomic E-state index is -0.882. The SMILES string of the molecule is C=CC[C@](C)(O)[C@@H](CCCOC)c1ccc(F)cc1. The van der Waals surface area contributed by atoms with Crippen molar-refractivity contribution in [3.8, 4) is 0 Å². The predicted octanol–water partition coefficient (Wildman–Crippen LogP) is 3.66. The van der Waals surface area contributed by atoms with Gasteiger partial charge in [-0.15, -0.1) is 6.58 Å². The van der Waals surface area contributed by atoms with Gasteiger partial charge in [-0.25, -0.2) is 4.39 Å². The average Bonchev–Trinajstić information content (AvgIpc) is 2.36. The normalized spacial score (nSPS) is 15.8. The quantitative estimate of drug-likeness (QED) is 0.574. The Morgan fingerprint density at radius 2 is 2.05 bits per heavy atom. The lowest BCUT2D eigenvalue weighted by molar-refractivity contribution is 0.0273. The third kappa shape index (κ3) is 4.77. The number of aliphatic hydroxyl groups is 1. The van der Waals surface area contributed by atoms with Gasteiger partial charge in [-0.3, -0.25) is 0 Å². The number of rotatable bonds is 8. The van der Waals surface area contributed by atoms with Crippen molar-refractivity contribution in [3.05, 3.63) is 48.3 Å². The monoisotopic (exact) mass is 266 g/mol. The average molecular weight is 266 g/mol. The first-order chi connectivity index (χ1) is 9.01. The molecule has 3 heteroatoms. The molecular weight excluding hydrogens is 243 g/mol. The third-order valence-corrected chi connectivity index (χ3v) is 3.42. The lowest BCUT2D eigenvalue weighted by Crippen LogP contribution is -2.32. The maximum absolute atomic E-state index is 13.0. The fraction of sp³-hybridized carbons (Fsp3) is 0.500. The summed E-state index contributed by atoms with van der Waals surface area (Å²) in [7, 11) is 1.66. The van der Waals surface area contributed by atoms with Crippen molar-refractivity contribution in [2.45, 2.75) is 37.7 Å². The van der Waals surface area contributed by atoms with Crippen LogP contribution in [0.1, 0.15) is 37.7 Å². The zero-order chi connectivity index (χ0) is 14.3. The van der Waals surface area contributed by atoms with E-state index in [1.54, 1.807) is 32.2 Å². The lowest BCUT2D eigenvalue weighted by Gasteiger charge is -2.33. The highest BCUT2D eigenvalue weighted by Gasteiger charge is 2.31. The van der Waals surface area contributed by atoms with E-state index in [9.17, 15) is 9.50 Å². The van der Waals surface area contributed by atoms with E-state index in [2.05, 4.69) is 6.58 Å². The summed E-state index contributed by atoms with van der Waals surface area (Å²) in [6.07, 6.45) is 3.86. The molecule has 0 fully saturated rings. The predicted molar refractivity (Wildman–Crippen MR) is 75.7 cm³/mol. The Morgan fingerprint density at radius 1 is 1.42 bits per heavy atom. The van der Waals surface area contributed by atoms with E-state index < -0.39 is 5.60 Å². The molecule has 0 bridgehead atoms. The van der Waals surface area contributed by atoms with Crippen molar-refractivity contribution in [1.82, 2.24) is 0 Å². The minimum Gasteiger partial charge on any atom is -0.389 e. The number of hydrogen-bond acceptors (Lipinski definition) is 2. The first-order valence-corrected chi connectivity index (χ1v) is 6.59. The summed E-state index contributed by atoms with van der Waals surface area (Å²) in [5.74, 6) is -0.316. The van der Waals surface area contributed by atoms with Crippen LogP contribution < -0.4 is 0 Å². The van der Waals surface area contributed by atoms with E-state index in [4.69, 9.17) is 4.74 Å². The number of halogens is 1. The van der Waals surface area contributed by atoms with Crippen molar-refractivity contribution in [2.75, 3.05) is 13.7 Å². The van der Waals surface area contributed by atoms with Gasteiger partial charge in [0.25, 0.3) is 0 Å². The Labute approximate surface area is 114 Å². The zero-order valence-corrected chi connectivity index (χ0v) is 11.7. The summed E-state index contributed by atoms with van der Waals surface area (Å²) < 4.78 is 18.1. The van der Waals surface area contributed by atoms with E-state index in [1.807, 2.05) is 0 Å². The molecule has 1 N–H and O–H groups in total. The van der Waals surface area contributed by atoms with Crippen LogP contribution in [0.5, 0.6) is 0 Å². The fourth-order valence-corrected chi connectivity index (χ4v) is 2.40. The second-order valence-electron chi connectivity index (χ2n) is 5.09. The van der Waals surface area contributed by atoms with Gasteiger partial charge in [-0.2, -0.15) is 0 Å². The summed E-state index contributed by atoms with van der Waals surface area (Å²) in [6.45, 7) is 6.14. The number of methoxy groups -OCH3 is 1. The molecule has 0 aliphatic heterocycles. The molecule has 0 radical (unpaired) electrons. The molecule has 0 saturated heterocycles. The highest BCUT2D eigenvalue weighted by atomic mass is 19.1. The topological polar surface area (TPSA) is 29.5 Å². The number of hydrogen-bond donors (Lipinski definition) is 1. The summed E-state index contributed by atoms with van der Waals surface area (Å²) in [5, 5.41) is 10.6. The van der Waals surface area contributed by atoms with Crippen LogP contribution in [0, 0.1) is 5.82 Å². The van der Waals surface area contributed by atoms with Crippen molar-refractivity contribution < 1.29 is 14.2 Å². The summed E-state index contributed by atoms with van der Waals surface area (Å²) >= 11 is 0. The van der Waals surface area contributed by atoms with Gasteiger partial charge in [0.1, 0.15) is 5.82 Å². The van der Waals surface area contributed by atoms with Crippen LogP contribution in [0.25, 0.3) is 0 Å². The van der Waals surface area contributed by atoms with Crippen LogP contribution in [-0.2, 0) is 4.74 Å². The summed E-state index contributed by atoms with van der Waals surface area (Å²) in [4.78, 5) is 0. The molecular formula is C16H23FO2. The second-order valence-corrected chi connectivity index (χ2v) is 5.09. The molecule has 0 aromatic heterocycles. The van der Waals surface area contributed by atoms with Crippen LogP contribution in [0.15, 0.2) is 36.9 Å². The van der Waals surface area contributed by atoms with Crippen LogP contribution >= 0.6 is 0 Å². The molecule has 1 rings (SSSR count). The molecule has 0 saturated carbocycles. The van der Waals surface area contributed by atoms with Crippen LogP contribution in [0.2, 0.25) is 0 Å². The fourth-order valence-electron chi connectivity index (χ4n) is 2.40.